The minimum absolute atomic E-state index is 0.0238. The number of rotatable bonds is 5. The summed E-state index contributed by atoms with van der Waals surface area (Å²) in [6, 6.07) is 10.8. The monoisotopic (exact) mass is 435 g/mol. The van der Waals surface area contributed by atoms with E-state index in [0.717, 1.165) is 17.3 Å². The van der Waals surface area contributed by atoms with Gasteiger partial charge in [-0.3, -0.25) is 19.7 Å². The molecule has 0 saturated heterocycles. The fourth-order valence-corrected chi connectivity index (χ4v) is 4.25. The molecule has 2 heterocycles. The van der Waals surface area contributed by atoms with Gasteiger partial charge in [-0.1, -0.05) is 49.0 Å². The van der Waals surface area contributed by atoms with Crippen LogP contribution < -0.4 is 10.9 Å². The van der Waals surface area contributed by atoms with Gasteiger partial charge in [-0.2, -0.15) is 0 Å². The number of nitrogens with one attached hydrogen (secondary N) is 2. The van der Waals surface area contributed by atoms with Crippen LogP contribution in [-0.4, -0.2) is 37.4 Å². The Labute approximate surface area is 182 Å². The number of carbonyl (C=O) groups excluding carboxylic acids is 2. The highest BCUT2D eigenvalue weighted by Gasteiger charge is 2.26. The van der Waals surface area contributed by atoms with Crippen molar-refractivity contribution >= 4 is 29.4 Å². The van der Waals surface area contributed by atoms with Crippen molar-refractivity contribution < 1.29 is 9.59 Å². The molecule has 2 N–H and O–H groups in total. The molecule has 1 atom stereocenters. The summed E-state index contributed by atoms with van der Waals surface area (Å²) in [5.41, 5.74) is 2.91. The summed E-state index contributed by atoms with van der Waals surface area (Å²) in [5, 5.41) is 3.03. The summed E-state index contributed by atoms with van der Waals surface area (Å²) in [4.78, 5) is 52.4. The van der Waals surface area contributed by atoms with Crippen LogP contribution in [0.25, 0.3) is 11.3 Å². The summed E-state index contributed by atoms with van der Waals surface area (Å²) in [5.74, 6) is 0.146. The number of amides is 1. The Kier molecular flexibility index (Phi) is 5.94. The van der Waals surface area contributed by atoms with Gasteiger partial charge in [0.2, 0.25) is 11.9 Å². The van der Waals surface area contributed by atoms with Crippen LogP contribution in [0.4, 0.5) is 5.95 Å². The molecule has 0 saturated carbocycles. The van der Waals surface area contributed by atoms with E-state index >= 15 is 0 Å². The molecule has 31 heavy (non-hydrogen) atoms. The average molecular weight is 436 g/mol. The molecule has 3 aromatic rings. The smallest absolute Gasteiger partial charge is 0.252 e. The molecule has 0 aliphatic heterocycles. The standard InChI is InChI=1S/C22H21N5O3S/c1-12-8-16-20(17(28)9-12)13(2)23-21(24-16)26-19(30)11-31-22-25-15(10-18(29)27-22)14-6-4-3-5-7-14/h3-7,10,12H,8-9,11H2,1-2H3,(H,25,27,29)(H,23,24,26,30). The summed E-state index contributed by atoms with van der Waals surface area (Å²) < 4.78 is 0. The number of hydrogen-bond acceptors (Lipinski definition) is 7. The zero-order valence-corrected chi connectivity index (χ0v) is 18.0. The quantitative estimate of drug-likeness (QED) is 0.467. The van der Waals surface area contributed by atoms with E-state index in [1.165, 1.54) is 6.07 Å². The van der Waals surface area contributed by atoms with Gasteiger partial charge < -0.3 is 4.98 Å². The lowest BCUT2D eigenvalue weighted by Gasteiger charge is -2.21. The highest BCUT2D eigenvalue weighted by atomic mass is 32.2. The molecule has 1 aliphatic rings. The maximum atomic E-state index is 12.4. The van der Waals surface area contributed by atoms with Gasteiger partial charge in [-0.25, -0.2) is 15.0 Å². The SMILES string of the molecule is Cc1nc(NC(=O)CSc2nc(-c3ccccc3)cc(=O)[nH]2)nc2c1C(=O)CC(C)C2. The van der Waals surface area contributed by atoms with Gasteiger partial charge in [0.05, 0.1) is 28.4 Å². The lowest BCUT2D eigenvalue weighted by atomic mass is 9.86. The number of H-pyrrole nitrogens is 1. The van der Waals surface area contributed by atoms with Crippen LogP contribution in [0, 0.1) is 12.8 Å². The van der Waals surface area contributed by atoms with Crippen molar-refractivity contribution in [2.45, 2.75) is 31.8 Å². The number of aromatic amines is 1. The fourth-order valence-electron chi connectivity index (χ4n) is 3.57. The van der Waals surface area contributed by atoms with E-state index in [1.54, 1.807) is 6.92 Å². The second kappa shape index (κ2) is 8.81. The van der Waals surface area contributed by atoms with Gasteiger partial charge in [0.1, 0.15) is 0 Å². The second-order valence-corrected chi connectivity index (χ2v) is 8.49. The first-order chi connectivity index (χ1) is 14.9. The largest absolute Gasteiger partial charge is 0.301 e. The number of Topliss-reactive ketones (excluding diaryl/α,β-unsaturated/α-hetero) is 1. The fraction of sp³-hybridized carbons (Fsp3) is 0.273. The first-order valence-electron chi connectivity index (χ1n) is 9.89. The first kappa shape index (κ1) is 20.9. The molecule has 158 valence electrons. The van der Waals surface area contributed by atoms with Crippen molar-refractivity contribution in [3.63, 3.8) is 0 Å². The van der Waals surface area contributed by atoms with E-state index in [-0.39, 0.29) is 34.9 Å². The molecular weight excluding hydrogens is 414 g/mol. The number of benzene rings is 1. The zero-order valence-electron chi connectivity index (χ0n) is 17.1. The summed E-state index contributed by atoms with van der Waals surface area (Å²) in [6.07, 6.45) is 1.17. The van der Waals surface area contributed by atoms with Crippen LogP contribution >= 0.6 is 11.8 Å². The van der Waals surface area contributed by atoms with Gasteiger partial charge in [0.25, 0.3) is 5.56 Å². The van der Waals surface area contributed by atoms with Crippen molar-refractivity contribution in [2.24, 2.45) is 5.92 Å². The van der Waals surface area contributed by atoms with Crippen LogP contribution in [0.5, 0.6) is 0 Å². The van der Waals surface area contributed by atoms with Crippen molar-refractivity contribution in [1.29, 1.82) is 0 Å². The molecule has 1 aliphatic carbocycles. The van der Waals surface area contributed by atoms with Crippen molar-refractivity contribution in [3.8, 4) is 11.3 Å². The highest BCUT2D eigenvalue weighted by molar-refractivity contribution is 7.99. The van der Waals surface area contributed by atoms with Crippen LogP contribution in [0.3, 0.4) is 0 Å². The number of thioether (sulfide) groups is 1. The predicted molar refractivity (Wildman–Crippen MR) is 118 cm³/mol. The minimum atomic E-state index is -0.327. The molecule has 1 aromatic carbocycles. The first-order valence-corrected chi connectivity index (χ1v) is 10.9. The van der Waals surface area contributed by atoms with Crippen molar-refractivity contribution in [3.05, 3.63) is 63.7 Å². The molecule has 2 aromatic heterocycles. The third-order valence-electron chi connectivity index (χ3n) is 4.90. The summed E-state index contributed by atoms with van der Waals surface area (Å²) in [7, 11) is 0. The number of anilines is 1. The normalized spacial score (nSPS) is 15.4. The molecule has 8 nitrogen and oxygen atoms in total. The van der Waals surface area contributed by atoms with E-state index in [9.17, 15) is 14.4 Å². The Morgan fingerprint density at radius 2 is 1.94 bits per heavy atom. The van der Waals surface area contributed by atoms with E-state index in [1.807, 2.05) is 37.3 Å². The second-order valence-electron chi connectivity index (χ2n) is 7.53. The van der Waals surface area contributed by atoms with Crippen LogP contribution in [0.15, 0.2) is 46.3 Å². The van der Waals surface area contributed by atoms with Gasteiger partial charge >= 0.3 is 0 Å². The van der Waals surface area contributed by atoms with Crippen LogP contribution in [0.1, 0.15) is 35.1 Å². The Bertz CT molecular complexity index is 1210. The molecular formula is C22H21N5O3S. The summed E-state index contributed by atoms with van der Waals surface area (Å²) in [6.45, 7) is 3.76. The van der Waals surface area contributed by atoms with E-state index < -0.39 is 0 Å². The number of carbonyl (C=O) groups is 2. The number of aromatic nitrogens is 4. The maximum absolute atomic E-state index is 12.4. The van der Waals surface area contributed by atoms with E-state index in [2.05, 4.69) is 25.3 Å². The Hall–Kier alpha value is -3.33. The lowest BCUT2D eigenvalue weighted by Crippen LogP contribution is -2.24. The number of aryl methyl sites for hydroxylation is 1. The van der Waals surface area contributed by atoms with Gasteiger partial charge in [0, 0.05) is 18.1 Å². The number of fused-ring (bicyclic) bond motifs is 1. The average Bonchev–Trinajstić information content (AvgIpc) is 2.71. The van der Waals surface area contributed by atoms with E-state index in [0.29, 0.717) is 40.6 Å². The molecule has 1 unspecified atom stereocenters. The molecule has 0 radical (unpaired) electrons. The van der Waals surface area contributed by atoms with E-state index in [4.69, 9.17) is 0 Å². The number of ketones is 1. The van der Waals surface area contributed by atoms with Crippen molar-refractivity contribution in [2.75, 3.05) is 11.1 Å². The number of hydrogen-bond donors (Lipinski definition) is 2. The lowest BCUT2D eigenvalue weighted by molar-refractivity contribution is -0.113. The highest BCUT2D eigenvalue weighted by Crippen LogP contribution is 2.26. The van der Waals surface area contributed by atoms with Gasteiger partial charge in [-0.05, 0) is 19.3 Å². The molecule has 0 bridgehead atoms. The van der Waals surface area contributed by atoms with Crippen molar-refractivity contribution in [1.82, 2.24) is 19.9 Å². The molecule has 9 heteroatoms. The topological polar surface area (TPSA) is 118 Å². The van der Waals surface area contributed by atoms with Gasteiger partial charge in [0.15, 0.2) is 10.9 Å². The minimum Gasteiger partial charge on any atom is -0.301 e. The Morgan fingerprint density at radius 1 is 1.16 bits per heavy atom. The van der Waals surface area contributed by atoms with Gasteiger partial charge in [-0.15, -0.1) is 0 Å². The predicted octanol–water partition coefficient (Wildman–Crippen LogP) is 3.03. The Balaban J connectivity index is 1.45. The summed E-state index contributed by atoms with van der Waals surface area (Å²) >= 11 is 1.12. The van der Waals surface area contributed by atoms with Crippen LogP contribution in [-0.2, 0) is 11.2 Å². The maximum Gasteiger partial charge on any atom is 0.252 e. The third kappa shape index (κ3) is 4.88. The van der Waals surface area contributed by atoms with Crippen LogP contribution in [0.2, 0.25) is 0 Å². The third-order valence-corrected chi connectivity index (χ3v) is 5.77. The molecule has 4 rings (SSSR count). The zero-order chi connectivity index (χ0) is 22.0. The Morgan fingerprint density at radius 3 is 2.71 bits per heavy atom. The molecule has 0 spiro atoms. The molecule has 0 fully saturated rings. The molecule has 1 amide bonds. The number of nitrogens with zero attached hydrogens (tertiary/aromatic N) is 3.